The molecule has 6 nitrogen and oxygen atoms in total. The lowest BCUT2D eigenvalue weighted by Gasteiger charge is -2.14. The van der Waals surface area contributed by atoms with Crippen molar-refractivity contribution in [2.75, 3.05) is 7.11 Å². The minimum absolute atomic E-state index is 0.0676. The number of nitrogens with zero attached hydrogens (tertiary/aromatic N) is 2. The molecule has 3 N–H and O–H groups in total. The Bertz CT molecular complexity index is 642. The minimum atomic E-state index is -2.02. The molecule has 0 saturated carbocycles. The van der Waals surface area contributed by atoms with E-state index in [1.54, 1.807) is 0 Å². The lowest BCUT2D eigenvalue weighted by Crippen LogP contribution is -2.33. The van der Waals surface area contributed by atoms with Gasteiger partial charge in [0.1, 0.15) is 11.9 Å². The molecule has 110 valence electrons. The number of hydrogen-bond donors (Lipinski definition) is 3. The van der Waals surface area contributed by atoms with Crippen molar-refractivity contribution in [2.45, 2.75) is 6.10 Å². The van der Waals surface area contributed by atoms with Crippen molar-refractivity contribution in [3.63, 3.8) is 0 Å². The van der Waals surface area contributed by atoms with Crippen LogP contribution >= 0.6 is 11.6 Å². The molecule has 1 aromatic heterocycles. The van der Waals surface area contributed by atoms with Gasteiger partial charge in [-0.15, -0.1) is 10.2 Å². The Morgan fingerprint density at radius 2 is 2.00 bits per heavy atom. The summed E-state index contributed by atoms with van der Waals surface area (Å²) in [6.45, 7) is 0. The molecule has 0 spiro atoms. The summed E-state index contributed by atoms with van der Waals surface area (Å²) in [6, 6.07) is 4.92. The van der Waals surface area contributed by atoms with Crippen LogP contribution in [0.1, 0.15) is 17.4 Å². The number of aromatic nitrogens is 2. The van der Waals surface area contributed by atoms with E-state index in [1.807, 2.05) is 0 Å². The molecule has 1 atom stereocenters. The normalized spacial score (nSPS) is 12.1. The number of ether oxygens (including phenoxy) is 1. The van der Waals surface area contributed by atoms with E-state index in [4.69, 9.17) is 26.4 Å². The maximum Gasteiger partial charge on any atom is 0.491 e. The molecule has 0 saturated heterocycles. The van der Waals surface area contributed by atoms with E-state index in [0.717, 1.165) is 12.1 Å². The van der Waals surface area contributed by atoms with E-state index in [1.165, 1.54) is 19.2 Å². The zero-order chi connectivity index (χ0) is 15.6. The van der Waals surface area contributed by atoms with Crippen LogP contribution in [0.4, 0.5) is 4.39 Å². The third-order valence-electron chi connectivity index (χ3n) is 2.84. The molecule has 0 amide bonds. The molecule has 1 heterocycles. The average molecular weight is 312 g/mol. The number of methoxy groups -OCH3 is 1. The van der Waals surface area contributed by atoms with Gasteiger partial charge in [-0.05, 0) is 12.1 Å². The second kappa shape index (κ2) is 6.36. The van der Waals surface area contributed by atoms with E-state index < -0.39 is 24.5 Å². The van der Waals surface area contributed by atoms with Crippen molar-refractivity contribution in [3.8, 4) is 5.88 Å². The average Bonchev–Trinajstić information content (AvgIpc) is 2.46. The largest absolute Gasteiger partial charge is 0.491 e. The van der Waals surface area contributed by atoms with Crippen LogP contribution in [-0.4, -0.2) is 39.6 Å². The number of benzene rings is 1. The smallest absolute Gasteiger partial charge is 0.480 e. The highest BCUT2D eigenvalue weighted by molar-refractivity contribution is 6.58. The Morgan fingerprint density at radius 1 is 1.29 bits per heavy atom. The van der Waals surface area contributed by atoms with Gasteiger partial charge in [-0.1, -0.05) is 17.7 Å². The fourth-order valence-corrected chi connectivity index (χ4v) is 1.99. The maximum absolute atomic E-state index is 13.5. The highest BCUT2D eigenvalue weighted by Gasteiger charge is 2.23. The second-order valence-electron chi connectivity index (χ2n) is 4.17. The molecule has 0 aliphatic heterocycles. The Kier molecular flexibility index (Phi) is 4.74. The first-order valence-electron chi connectivity index (χ1n) is 5.84. The third kappa shape index (κ3) is 3.30. The van der Waals surface area contributed by atoms with Crippen LogP contribution in [0.5, 0.6) is 5.88 Å². The number of aliphatic hydroxyl groups excluding tert-OH is 1. The molecular weight excluding hydrogens is 301 g/mol. The van der Waals surface area contributed by atoms with E-state index >= 15 is 0 Å². The van der Waals surface area contributed by atoms with Crippen LogP contribution in [-0.2, 0) is 0 Å². The van der Waals surface area contributed by atoms with Gasteiger partial charge in [-0.2, -0.15) is 0 Å². The topological polar surface area (TPSA) is 95.7 Å². The SMILES string of the molecule is COc1ccc([C@H](O)c2cc(B(O)O)c(F)cc2Cl)nn1. The fourth-order valence-electron chi connectivity index (χ4n) is 1.74. The van der Waals surface area contributed by atoms with E-state index in [9.17, 15) is 9.50 Å². The van der Waals surface area contributed by atoms with Crippen molar-refractivity contribution in [1.82, 2.24) is 10.2 Å². The summed E-state index contributed by atoms with van der Waals surface area (Å²) in [5.41, 5.74) is -0.154. The predicted octanol–water partition coefficient (Wildman–Crippen LogP) is 0.0392. The van der Waals surface area contributed by atoms with Crippen molar-refractivity contribution >= 4 is 24.2 Å². The summed E-state index contributed by atoms with van der Waals surface area (Å²) in [6.07, 6.45) is -1.30. The van der Waals surface area contributed by atoms with Gasteiger partial charge in [0.15, 0.2) is 0 Å². The summed E-state index contributed by atoms with van der Waals surface area (Å²) in [5.74, 6) is -0.616. The molecule has 0 aliphatic carbocycles. The molecule has 0 aliphatic rings. The van der Waals surface area contributed by atoms with Crippen molar-refractivity contribution < 1.29 is 24.3 Å². The van der Waals surface area contributed by atoms with Crippen LogP contribution < -0.4 is 10.2 Å². The first-order chi connectivity index (χ1) is 9.93. The van der Waals surface area contributed by atoms with Gasteiger partial charge in [-0.25, -0.2) is 4.39 Å². The molecule has 2 aromatic rings. The molecule has 0 bridgehead atoms. The monoisotopic (exact) mass is 312 g/mol. The first-order valence-corrected chi connectivity index (χ1v) is 6.22. The predicted molar refractivity (Wildman–Crippen MR) is 73.9 cm³/mol. The standard InChI is InChI=1S/C12H11BClFN2O4/c1-21-11-3-2-10(16-17-11)12(18)6-4-7(13(19)20)9(15)5-8(6)14/h2-5,12,18-20H,1H3/t12-/m1/s1. The molecule has 0 radical (unpaired) electrons. The first kappa shape index (κ1) is 15.6. The molecular formula is C12H11BClFN2O4. The molecule has 1 aromatic carbocycles. The molecule has 2 rings (SSSR count). The fraction of sp³-hybridized carbons (Fsp3) is 0.167. The zero-order valence-corrected chi connectivity index (χ0v) is 11.6. The van der Waals surface area contributed by atoms with E-state index in [-0.39, 0.29) is 22.2 Å². The summed E-state index contributed by atoms with van der Waals surface area (Å²) in [4.78, 5) is 0. The van der Waals surface area contributed by atoms with Gasteiger partial charge in [0, 0.05) is 22.1 Å². The van der Waals surface area contributed by atoms with E-state index in [2.05, 4.69) is 10.2 Å². The molecule has 21 heavy (non-hydrogen) atoms. The third-order valence-corrected chi connectivity index (χ3v) is 3.17. The molecule has 0 unspecified atom stereocenters. The number of aliphatic hydroxyl groups is 1. The van der Waals surface area contributed by atoms with Crippen LogP contribution in [0.2, 0.25) is 5.02 Å². The van der Waals surface area contributed by atoms with Gasteiger partial charge >= 0.3 is 7.12 Å². The summed E-state index contributed by atoms with van der Waals surface area (Å²) >= 11 is 5.87. The van der Waals surface area contributed by atoms with Gasteiger partial charge < -0.3 is 19.9 Å². The quantitative estimate of drug-likeness (QED) is 0.690. The highest BCUT2D eigenvalue weighted by Crippen LogP contribution is 2.27. The van der Waals surface area contributed by atoms with E-state index in [0.29, 0.717) is 0 Å². The van der Waals surface area contributed by atoms with Gasteiger partial charge in [0.05, 0.1) is 12.8 Å². The Hall–Kier alpha value is -1.74. The summed E-state index contributed by atoms with van der Waals surface area (Å²) in [7, 11) is -0.596. The minimum Gasteiger partial charge on any atom is -0.480 e. The molecule has 9 heteroatoms. The van der Waals surface area contributed by atoms with Crippen LogP contribution in [0.25, 0.3) is 0 Å². The highest BCUT2D eigenvalue weighted by atomic mass is 35.5. The number of halogens is 2. The lowest BCUT2D eigenvalue weighted by atomic mass is 9.78. The maximum atomic E-state index is 13.5. The van der Waals surface area contributed by atoms with Crippen molar-refractivity contribution in [1.29, 1.82) is 0 Å². The second-order valence-corrected chi connectivity index (χ2v) is 4.58. The Balaban J connectivity index is 2.41. The van der Waals surface area contributed by atoms with Crippen LogP contribution in [0, 0.1) is 5.82 Å². The van der Waals surface area contributed by atoms with Gasteiger partial charge in [-0.3, -0.25) is 0 Å². The Morgan fingerprint density at radius 3 is 2.52 bits per heavy atom. The van der Waals surface area contributed by atoms with Gasteiger partial charge in [0.2, 0.25) is 5.88 Å². The van der Waals surface area contributed by atoms with Gasteiger partial charge in [0.25, 0.3) is 0 Å². The van der Waals surface area contributed by atoms with Crippen molar-refractivity contribution in [2.24, 2.45) is 0 Å². The number of hydrogen-bond acceptors (Lipinski definition) is 6. The van der Waals surface area contributed by atoms with Crippen molar-refractivity contribution in [3.05, 3.63) is 46.4 Å². The number of rotatable bonds is 4. The Labute approximate surface area is 124 Å². The molecule has 0 fully saturated rings. The van der Waals surface area contributed by atoms with Crippen LogP contribution in [0.15, 0.2) is 24.3 Å². The zero-order valence-electron chi connectivity index (χ0n) is 10.9. The lowest BCUT2D eigenvalue weighted by molar-refractivity contribution is 0.213. The summed E-state index contributed by atoms with van der Waals surface area (Å²) < 4.78 is 18.4. The van der Waals surface area contributed by atoms with Crippen LogP contribution in [0.3, 0.4) is 0 Å². The summed E-state index contributed by atoms with van der Waals surface area (Å²) in [5, 5.41) is 35.8.